The highest BCUT2D eigenvalue weighted by atomic mass is 16.4. The van der Waals surface area contributed by atoms with Crippen molar-refractivity contribution in [3.63, 3.8) is 0 Å². The molecule has 0 spiro atoms. The average molecular weight is 272 g/mol. The molecule has 1 rings (SSSR count). The van der Waals surface area contributed by atoms with Crippen molar-refractivity contribution >= 4 is 12.0 Å². The molecule has 19 heavy (non-hydrogen) atoms. The van der Waals surface area contributed by atoms with Crippen LogP contribution < -0.4 is 0 Å². The number of carboxylic acid groups (broad SMARTS) is 1. The van der Waals surface area contributed by atoms with Gasteiger partial charge >= 0.3 is 12.0 Å². The second kappa shape index (κ2) is 7.99. The Morgan fingerprint density at radius 2 is 2.16 bits per heavy atom. The Morgan fingerprint density at radius 1 is 1.42 bits per heavy atom. The van der Waals surface area contributed by atoms with E-state index in [1.54, 1.807) is 11.9 Å². The zero-order valence-electron chi connectivity index (χ0n) is 11.5. The monoisotopic (exact) mass is 272 g/mol. The van der Waals surface area contributed by atoms with Crippen molar-refractivity contribution in [3.8, 4) is 0 Å². The number of carbonyl (C=O) groups excluding carboxylic acids is 1. The number of amides is 2. The molecule has 2 N–H and O–H groups in total. The summed E-state index contributed by atoms with van der Waals surface area (Å²) in [6, 6.07) is -0.0342. The Bertz CT molecular complexity index is 307. The van der Waals surface area contributed by atoms with Crippen molar-refractivity contribution in [2.24, 2.45) is 5.92 Å². The Labute approximate surface area is 114 Å². The van der Waals surface area contributed by atoms with Crippen molar-refractivity contribution < 1.29 is 19.8 Å². The Kier molecular flexibility index (Phi) is 6.62. The fourth-order valence-corrected chi connectivity index (χ4v) is 2.46. The zero-order valence-corrected chi connectivity index (χ0v) is 11.5. The molecular formula is C13H24N2O4. The van der Waals surface area contributed by atoms with Gasteiger partial charge in [-0.15, -0.1) is 0 Å². The number of carboxylic acids is 1. The number of rotatable bonds is 6. The van der Waals surface area contributed by atoms with Crippen LogP contribution in [0, 0.1) is 5.92 Å². The molecule has 0 aromatic rings. The number of urea groups is 1. The van der Waals surface area contributed by atoms with Crippen molar-refractivity contribution in [3.05, 3.63) is 0 Å². The summed E-state index contributed by atoms with van der Waals surface area (Å²) in [5.74, 6) is -0.447. The van der Waals surface area contributed by atoms with Crippen LogP contribution in [0.4, 0.5) is 4.79 Å². The van der Waals surface area contributed by atoms with Gasteiger partial charge in [0, 0.05) is 39.7 Å². The number of aliphatic hydroxyl groups excluding tert-OH is 1. The predicted octanol–water partition coefficient (Wildman–Crippen LogP) is 0.997. The fourth-order valence-electron chi connectivity index (χ4n) is 2.46. The van der Waals surface area contributed by atoms with Gasteiger partial charge in [0.2, 0.25) is 0 Å². The van der Waals surface area contributed by atoms with Crippen LogP contribution >= 0.6 is 0 Å². The number of hydrogen-bond acceptors (Lipinski definition) is 3. The van der Waals surface area contributed by atoms with Crippen LogP contribution in [0.15, 0.2) is 0 Å². The lowest BCUT2D eigenvalue weighted by molar-refractivity contribution is -0.137. The molecule has 2 amide bonds. The van der Waals surface area contributed by atoms with Crippen LogP contribution in [0.5, 0.6) is 0 Å². The van der Waals surface area contributed by atoms with Gasteiger partial charge in [0.25, 0.3) is 0 Å². The lowest BCUT2D eigenvalue weighted by atomic mass is 9.95. The molecule has 0 aromatic carbocycles. The number of piperidine rings is 1. The van der Waals surface area contributed by atoms with Gasteiger partial charge in [-0.05, 0) is 31.6 Å². The van der Waals surface area contributed by atoms with E-state index in [-0.39, 0.29) is 19.1 Å². The highest BCUT2D eigenvalue weighted by molar-refractivity contribution is 5.74. The van der Waals surface area contributed by atoms with Gasteiger partial charge < -0.3 is 20.0 Å². The number of nitrogens with zero attached hydrogens (tertiary/aromatic N) is 2. The summed E-state index contributed by atoms with van der Waals surface area (Å²) in [6.07, 6.45) is 3.34. The fraction of sp³-hybridized carbons (Fsp3) is 0.846. The summed E-state index contributed by atoms with van der Waals surface area (Å²) in [4.78, 5) is 26.0. The molecule has 1 unspecified atom stereocenters. The molecule has 6 nitrogen and oxygen atoms in total. The third-order valence-corrected chi connectivity index (χ3v) is 3.54. The van der Waals surface area contributed by atoms with E-state index in [4.69, 9.17) is 10.2 Å². The normalized spacial score (nSPS) is 19.3. The molecule has 0 saturated carbocycles. The van der Waals surface area contributed by atoms with Crippen LogP contribution in [0.1, 0.15) is 32.1 Å². The molecule has 1 aliphatic rings. The first-order valence-electron chi connectivity index (χ1n) is 6.87. The van der Waals surface area contributed by atoms with E-state index in [0.717, 1.165) is 25.8 Å². The van der Waals surface area contributed by atoms with Gasteiger partial charge in [0.15, 0.2) is 0 Å². The highest BCUT2D eigenvalue weighted by Gasteiger charge is 2.25. The summed E-state index contributed by atoms with van der Waals surface area (Å²) in [7, 11) is 1.71. The molecule has 0 bridgehead atoms. The van der Waals surface area contributed by atoms with Crippen molar-refractivity contribution in [2.75, 3.05) is 33.3 Å². The zero-order chi connectivity index (χ0) is 14.3. The number of aliphatic carboxylic acids is 1. The minimum Gasteiger partial charge on any atom is -0.481 e. The quantitative estimate of drug-likeness (QED) is 0.755. The molecule has 0 aromatic heterocycles. The maximum absolute atomic E-state index is 12.2. The molecule has 1 aliphatic heterocycles. The lowest BCUT2D eigenvalue weighted by Crippen LogP contribution is -2.46. The minimum absolute atomic E-state index is 0.0342. The van der Waals surface area contributed by atoms with Crippen LogP contribution in [0.3, 0.4) is 0 Å². The van der Waals surface area contributed by atoms with Gasteiger partial charge in [0.05, 0.1) is 0 Å². The molecule has 1 atom stereocenters. The first-order chi connectivity index (χ1) is 9.04. The molecule has 1 saturated heterocycles. The second-order valence-corrected chi connectivity index (χ2v) is 5.17. The standard InChI is InChI=1S/C13H24N2O4/c1-14(7-3-5-12(17)18)13(19)15-8-2-4-11(10-15)6-9-16/h11,16H,2-10H2,1H3,(H,17,18). The van der Waals surface area contributed by atoms with E-state index in [1.807, 2.05) is 4.90 Å². The first kappa shape index (κ1) is 15.8. The SMILES string of the molecule is CN(CCCC(=O)O)C(=O)N1CCCC(CCO)C1. The number of carbonyl (C=O) groups is 2. The third-order valence-electron chi connectivity index (χ3n) is 3.54. The summed E-state index contributed by atoms with van der Waals surface area (Å²) in [5.41, 5.74) is 0. The average Bonchev–Trinajstić information content (AvgIpc) is 2.38. The van der Waals surface area contributed by atoms with Crippen molar-refractivity contribution in [1.82, 2.24) is 9.80 Å². The number of likely N-dealkylation sites (tertiary alicyclic amines) is 1. The summed E-state index contributed by atoms with van der Waals surface area (Å²) in [6.45, 7) is 2.08. The van der Waals surface area contributed by atoms with Crippen LogP contribution in [-0.4, -0.2) is 65.3 Å². The largest absolute Gasteiger partial charge is 0.481 e. The Hall–Kier alpha value is -1.30. The summed E-state index contributed by atoms with van der Waals surface area (Å²) >= 11 is 0. The summed E-state index contributed by atoms with van der Waals surface area (Å²) < 4.78 is 0. The van der Waals surface area contributed by atoms with E-state index in [1.165, 1.54) is 0 Å². The van der Waals surface area contributed by atoms with E-state index in [0.29, 0.717) is 25.4 Å². The number of hydrogen-bond donors (Lipinski definition) is 2. The maximum atomic E-state index is 12.2. The third kappa shape index (κ3) is 5.46. The summed E-state index contributed by atoms with van der Waals surface area (Å²) in [5, 5.41) is 17.5. The molecule has 1 fully saturated rings. The minimum atomic E-state index is -0.832. The van der Waals surface area contributed by atoms with Crippen molar-refractivity contribution in [2.45, 2.75) is 32.1 Å². The van der Waals surface area contributed by atoms with Gasteiger partial charge in [0.1, 0.15) is 0 Å². The van der Waals surface area contributed by atoms with Gasteiger partial charge in [-0.3, -0.25) is 4.79 Å². The van der Waals surface area contributed by atoms with Crippen LogP contribution in [0.25, 0.3) is 0 Å². The first-order valence-corrected chi connectivity index (χ1v) is 6.87. The van der Waals surface area contributed by atoms with Crippen molar-refractivity contribution in [1.29, 1.82) is 0 Å². The number of aliphatic hydroxyl groups is 1. The van der Waals surface area contributed by atoms with Gasteiger partial charge in [-0.2, -0.15) is 0 Å². The van der Waals surface area contributed by atoms with Gasteiger partial charge in [-0.1, -0.05) is 0 Å². The smallest absolute Gasteiger partial charge is 0.319 e. The molecule has 1 heterocycles. The van der Waals surface area contributed by atoms with E-state index >= 15 is 0 Å². The van der Waals surface area contributed by atoms with Crippen LogP contribution in [-0.2, 0) is 4.79 Å². The molecule has 0 aliphatic carbocycles. The van der Waals surface area contributed by atoms with E-state index in [2.05, 4.69) is 0 Å². The topological polar surface area (TPSA) is 81.1 Å². The van der Waals surface area contributed by atoms with Crippen LogP contribution in [0.2, 0.25) is 0 Å². The molecular weight excluding hydrogens is 248 g/mol. The Balaban J connectivity index is 2.36. The maximum Gasteiger partial charge on any atom is 0.319 e. The predicted molar refractivity (Wildman–Crippen MR) is 70.9 cm³/mol. The molecule has 0 radical (unpaired) electrons. The second-order valence-electron chi connectivity index (χ2n) is 5.17. The molecule has 110 valence electrons. The lowest BCUT2D eigenvalue weighted by Gasteiger charge is -2.35. The molecule has 6 heteroatoms. The van der Waals surface area contributed by atoms with Gasteiger partial charge in [-0.25, -0.2) is 4.79 Å². The van der Waals surface area contributed by atoms with E-state index < -0.39 is 5.97 Å². The Morgan fingerprint density at radius 3 is 2.79 bits per heavy atom. The van der Waals surface area contributed by atoms with E-state index in [9.17, 15) is 9.59 Å². The highest BCUT2D eigenvalue weighted by Crippen LogP contribution is 2.20.